The second-order valence-corrected chi connectivity index (χ2v) is 4.92. The molecule has 21 heavy (non-hydrogen) atoms. The summed E-state index contributed by atoms with van der Waals surface area (Å²) in [5.74, 6) is -0.746. The Bertz CT molecular complexity index is 708. The highest BCUT2D eigenvalue weighted by Crippen LogP contribution is 2.08. The highest BCUT2D eigenvalue weighted by atomic mass is 19.1. The van der Waals surface area contributed by atoms with Gasteiger partial charge in [-0.1, -0.05) is 13.8 Å². The number of benzene rings is 1. The molecule has 0 spiro atoms. The lowest BCUT2D eigenvalue weighted by molar-refractivity contribution is -0.122. The molecule has 112 valence electrons. The number of carbonyl (C=O) groups excluding carboxylic acids is 1. The predicted molar refractivity (Wildman–Crippen MR) is 78.5 cm³/mol. The molecule has 1 N–H and O–H groups in total. The quantitative estimate of drug-likeness (QED) is 0.914. The first kappa shape index (κ1) is 15.2. The zero-order valence-electron chi connectivity index (χ0n) is 12.1. The van der Waals surface area contributed by atoms with Gasteiger partial charge < -0.3 is 5.32 Å². The summed E-state index contributed by atoms with van der Waals surface area (Å²) >= 11 is 0. The molecule has 1 heterocycles. The standard InChI is InChI=1S/C15H18FN3O2/c1-3-11(4-2)18-14(20)8-19-9-17-13-6-5-10(16)7-12(13)15(19)21/h5-7,9,11H,3-4,8H2,1-2H3,(H,18,20). The summed E-state index contributed by atoms with van der Waals surface area (Å²) in [6.07, 6.45) is 2.98. The summed E-state index contributed by atoms with van der Waals surface area (Å²) < 4.78 is 14.4. The zero-order valence-corrected chi connectivity index (χ0v) is 12.1. The van der Waals surface area contributed by atoms with E-state index in [4.69, 9.17) is 0 Å². The van der Waals surface area contributed by atoms with Gasteiger partial charge in [0.15, 0.2) is 0 Å². The molecular weight excluding hydrogens is 273 g/mol. The minimum Gasteiger partial charge on any atom is -0.352 e. The van der Waals surface area contributed by atoms with Crippen LogP contribution in [0.3, 0.4) is 0 Å². The lowest BCUT2D eigenvalue weighted by atomic mass is 10.2. The van der Waals surface area contributed by atoms with Crippen LogP contribution in [0.2, 0.25) is 0 Å². The van der Waals surface area contributed by atoms with E-state index in [1.54, 1.807) is 0 Å². The number of aromatic nitrogens is 2. The minimum absolute atomic E-state index is 0.0964. The Morgan fingerprint density at radius 1 is 1.38 bits per heavy atom. The monoisotopic (exact) mass is 291 g/mol. The SMILES string of the molecule is CCC(CC)NC(=O)Cn1cnc2ccc(F)cc2c1=O. The van der Waals surface area contributed by atoms with Crippen LogP contribution in [-0.4, -0.2) is 21.5 Å². The number of rotatable bonds is 5. The van der Waals surface area contributed by atoms with Crippen molar-refractivity contribution in [2.75, 3.05) is 0 Å². The van der Waals surface area contributed by atoms with E-state index in [1.807, 2.05) is 13.8 Å². The van der Waals surface area contributed by atoms with Crippen molar-refractivity contribution in [3.63, 3.8) is 0 Å². The highest BCUT2D eigenvalue weighted by Gasteiger charge is 2.11. The van der Waals surface area contributed by atoms with Crippen LogP contribution in [0.25, 0.3) is 10.9 Å². The van der Waals surface area contributed by atoms with Crippen LogP contribution in [-0.2, 0) is 11.3 Å². The third-order valence-electron chi connectivity index (χ3n) is 3.45. The molecule has 0 radical (unpaired) electrons. The summed E-state index contributed by atoms with van der Waals surface area (Å²) in [6.45, 7) is 3.86. The fourth-order valence-electron chi connectivity index (χ4n) is 2.16. The van der Waals surface area contributed by atoms with Crippen molar-refractivity contribution >= 4 is 16.8 Å². The third-order valence-corrected chi connectivity index (χ3v) is 3.45. The van der Waals surface area contributed by atoms with Crippen LogP contribution in [0.1, 0.15) is 26.7 Å². The predicted octanol–water partition coefficient (Wildman–Crippen LogP) is 1.84. The van der Waals surface area contributed by atoms with Crippen molar-refractivity contribution in [1.82, 2.24) is 14.9 Å². The molecular formula is C15H18FN3O2. The topological polar surface area (TPSA) is 64.0 Å². The van der Waals surface area contributed by atoms with E-state index >= 15 is 0 Å². The van der Waals surface area contributed by atoms with Gasteiger partial charge in [0.1, 0.15) is 12.4 Å². The number of carbonyl (C=O) groups is 1. The van der Waals surface area contributed by atoms with Crippen molar-refractivity contribution < 1.29 is 9.18 Å². The molecule has 1 amide bonds. The fraction of sp³-hybridized carbons (Fsp3) is 0.400. The van der Waals surface area contributed by atoms with Gasteiger partial charge in [-0.15, -0.1) is 0 Å². The Morgan fingerprint density at radius 2 is 2.10 bits per heavy atom. The molecule has 0 unspecified atom stereocenters. The largest absolute Gasteiger partial charge is 0.352 e. The van der Waals surface area contributed by atoms with E-state index in [9.17, 15) is 14.0 Å². The second kappa shape index (κ2) is 6.47. The maximum Gasteiger partial charge on any atom is 0.261 e. The van der Waals surface area contributed by atoms with Gasteiger partial charge in [-0.3, -0.25) is 14.2 Å². The van der Waals surface area contributed by atoms with Crippen molar-refractivity contribution in [3.05, 3.63) is 40.7 Å². The van der Waals surface area contributed by atoms with E-state index in [2.05, 4.69) is 10.3 Å². The van der Waals surface area contributed by atoms with Gasteiger partial charge >= 0.3 is 0 Å². The van der Waals surface area contributed by atoms with Gasteiger partial charge in [0.05, 0.1) is 17.2 Å². The van der Waals surface area contributed by atoms with E-state index < -0.39 is 11.4 Å². The number of amides is 1. The fourth-order valence-corrected chi connectivity index (χ4v) is 2.16. The molecule has 0 aliphatic rings. The highest BCUT2D eigenvalue weighted by molar-refractivity contribution is 5.79. The third kappa shape index (κ3) is 3.45. The Kier molecular flexibility index (Phi) is 4.67. The van der Waals surface area contributed by atoms with Crippen LogP contribution in [0.4, 0.5) is 4.39 Å². The molecule has 2 aromatic rings. The number of fused-ring (bicyclic) bond motifs is 1. The molecule has 2 rings (SSSR count). The lowest BCUT2D eigenvalue weighted by Gasteiger charge is -2.15. The number of nitrogens with zero attached hydrogens (tertiary/aromatic N) is 2. The number of nitrogens with one attached hydrogen (secondary N) is 1. The Labute approximate surface area is 121 Å². The summed E-state index contributed by atoms with van der Waals surface area (Å²) in [7, 11) is 0. The number of hydrogen-bond donors (Lipinski definition) is 1. The van der Waals surface area contributed by atoms with Crippen LogP contribution in [0.5, 0.6) is 0 Å². The summed E-state index contributed by atoms with van der Waals surface area (Å²) in [5, 5.41) is 3.02. The average Bonchev–Trinajstić information content (AvgIpc) is 2.48. The lowest BCUT2D eigenvalue weighted by Crippen LogP contribution is -2.38. The Balaban J connectivity index is 2.25. The van der Waals surface area contributed by atoms with Crippen LogP contribution >= 0.6 is 0 Å². The maximum atomic E-state index is 13.2. The number of halogens is 1. The summed E-state index contributed by atoms with van der Waals surface area (Å²) in [4.78, 5) is 28.2. The van der Waals surface area contributed by atoms with Crippen LogP contribution < -0.4 is 10.9 Å². The molecule has 0 saturated heterocycles. The van der Waals surface area contributed by atoms with Gasteiger partial charge in [-0.25, -0.2) is 9.37 Å². The first-order valence-electron chi connectivity index (χ1n) is 6.99. The van der Waals surface area contributed by atoms with Gasteiger partial charge in [-0.05, 0) is 31.0 Å². The van der Waals surface area contributed by atoms with Gasteiger partial charge in [-0.2, -0.15) is 0 Å². The molecule has 0 aliphatic heterocycles. The normalized spacial score (nSPS) is 11.0. The van der Waals surface area contributed by atoms with E-state index in [-0.39, 0.29) is 23.9 Å². The van der Waals surface area contributed by atoms with Gasteiger partial charge in [0, 0.05) is 6.04 Å². The molecule has 1 aromatic heterocycles. The van der Waals surface area contributed by atoms with Crippen molar-refractivity contribution in [2.24, 2.45) is 0 Å². The molecule has 0 saturated carbocycles. The van der Waals surface area contributed by atoms with E-state index in [0.29, 0.717) is 5.52 Å². The van der Waals surface area contributed by atoms with Crippen molar-refractivity contribution in [1.29, 1.82) is 0 Å². The second-order valence-electron chi connectivity index (χ2n) is 4.92. The molecule has 0 fully saturated rings. The van der Waals surface area contributed by atoms with Crippen molar-refractivity contribution in [2.45, 2.75) is 39.3 Å². The first-order chi connectivity index (χ1) is 10.0. The summed E-state index contributed by atoms with van der Waals surface area (Å²) in [6, 6.07) is 3.93. The minimum atomic E-state index is -0.499. The Hall–Kier alpha value is -2.24. The smallest absolute Gasteiger partial charge is 0.261 e. The van der Waals surface area contributed by atoms with Gasteiger partial charge in [0.2, 0.25) is 5.91 Å². The van der Waals surface area contributed by atoms with Crippen molar-refractivity contribution in [3.8, 4) is 0 Å². The maximum absolute atomic E-state index is 13.2. The van der Waals surface area contributed by atoms with Crippen LogP contribution in [0, 0.1) is 5.82 Å². The molecule has 0 aliphatic carbocycles. The van der Waals surface area contributed by atoms with E-state index in [0.717, 1.165) is 18.9 Å². The molecule has 5 nitrogen and oxygen atoms in total. The molecule has 1 aromatic carbocycles. The van der Waals surface area contributed by atoms with Crippen LogP contribution in [0.15, 0.2) is 29.3 Å². The van der Waals surface area contributed by atoms with Gasteiger partial charge in [0.25, 0.3) is 5.56 Å². The zero-order chi connectivity index (χ0) is 15.4. The summed E-state index contributed by atoms with van der Waals surface area (Å²) in [5.41, 5.74) is -0.00255. The average molecular weight is 291 g/mol. The Morgan fingerprint density at radius 3 is 2.76 bits per heavy atom. The molecule has 0 atom stereocenters. The molecule has 0 bridgehead atoms. The number of hydrogen-bond acceptors (Lipinski definition) is 3. The first-order valence-corrected chi connectivity index (χ1v) is 6.99. The molecule has 6 heteroatoms. The van der Waals surface area contributed by atoms with E-state index in [1.165, 1.54) is 23.0 Å².